The minimum absolute atomic E-state index is 0.0947. The van der Waals surface area contributed by atoms with Crippen LogP contribution in [0.1, 0.15) is 30.4 Å². The minimum Gasteiger partial charge on any atom is -0.479 e. The first-order chi connectivity index (χ1) is 14.4. The Bertz CT molecular complexity index is 899. The first-order valence-corrected chi connectivity index (χ1v) is 9.72. The van der Waals surface area contributed by atoms with Crippen molar-refractivity contribution in [2.75, 3.05) is 13.2 Å². The highest BCUT2D eigenvalue weighted by molar-refractivity contribution is 5.86. The summed E-state index contributed by atoms with van der Waals surface area (Å²) in [5.74, 6) is -2.12. The van der Waals surface area contributed by atoms with E-state index in [2.05, 4.69) is 10.6 Å². The molecule has 1 aliphatic rings. The van der Waals surface area contributed by atoms with E-state index in [1.807, 2.05) is 48.5 Å². The lowest BCUT2D eigenvalue weighted by molar-refractivity contribution is -0.146. The van der Waals surface area contributed by atoms with Gasteiger partial charge < -0.3 is 25.6 Å². The Labute approximate surface area is 173 Å². The zero-order chi connectivity index (χ0) is 21.7. The Kier molecular flexibility index (Phi) is 6.68. The maximum atomic E-state index is 12.3. The number of hydrogen-bond donors (Lipinski definition) is 4. The van der Waals surface area contributed by atoms with Crippen molar-refractivity contribution in [1.29, 1.82) is 0 Å². The second-order valence-corrected chi connectivity index (χ2v) is 7.03. The van der Waals surface area contributed by atoms with Crippen LogP contribution in [0.5, 0.6) is 0 Å². The van der Waals surface area contributed by atoms with Gasteiger partial charge in [-0.3, -0.25) is 4.79 Å². The van der Waals surface area contributed by atoms with Crippen LogP contribution in [0.3, 0.4) is 0 Å². The number of aliphatic carboxylic acids is 1. The Balaban J connectivity index is 1.59. The van der Waals surface area contributed by atoms with Gasteiger partial charge in [-0.25, -0.2) is 9.59 Å². The van der Waals surface area contributed by atoms with E-state index in [0.29, 0.717) is 0 Å². The number of amides is 2. The average Bonchev–Trinajstić information content (AvgIpc) is 3.07. The van der Waals surface area contributed by atoms with Crippen LogP contribution in [0.25, 0.3) is 11.1 Å². The van der Waals surface area contributed by atoms with Gasteiger partial charge >= 0.3 is 12.1 Å². The number of benzene rings is 2. The van der Waals surface area contributed by atoms with Gasteiger partial charge in [0.2, 0.25) is 5.91 Å². The van der Waals surface area contributed by atoms with Gasteiger partial charge in [-0.05, 0) is 28.7 Å². The van der Waals surface area contributed by atoms with Crippen LogP contribution in [-0.4, -0.2) is 53.5 Å². The lowest BCUT2D eigenvalue weighted by atomic mass is 9.98. The number of hydrogen-bond acceptors (Lipinski definition) is 5. The van der Waals surface area contributed by atoms with E-state index in [9.17, 15) is 19.5 Å². The van der Waals surface area contributed by atoms with E-state index < -0.39 is 36.7 Å². The summed E-state index contributed by atoms with van der Waals surface area (Å²) in [4.78, 5) is 35.1. The second-order valence-electron chi connectivity index (χ2n) is 7.03. The number of nitrogens with one attached hydrogen (secondary N) is 2. The maximum Gasteiger partial charge on any atom is 0.407 e. The lowest BCUT2D eigenvalue weighted by Crippen LogP contribution is -2.49. The van der Waals surface area contributed by atoms with Crippen molar-refractivity contribution in [1.82, 2.24) is 10.6 Å². The molecule has 0 saturated heterocycles. The fourth-order valence-electron chi connectivity index (χ4n) is 3.54. The number of carboxylic acids is 1. The first kappa shape index (κ1) is 21.3. The zero-order valence-corrected chi connectivity index (χ0v) is 16.5. The molecule has 0 heterocycles. The molecule has 3 rings (SSSR count). The van der Waals surface area contributed by atoms with Crippen molar-refractivity contribution >= 4 is 18.0 Å². The Morgan fingerprint density at radius 3 is 2.13 bits per heavy atom. The Hall–Kier alpha value is -3.39. The van der Waals surface area contributed by atoms with Gasteiger partial charge in [-0.1, -0.05) is 55.5 Å². The molecule has 8 nitrogen and oxygen atoms in total. The van der Waals surface area contributed by atoms with Crippen LogP contribution in [-0.2, 0) is 14.3 Å². The maximum absolute atomic E-state index is 12.3. The molecule has 0 fully saturated rings. The van der Waals surface area contributed by atoms with Crippen molar-refractivity contribution in [3.8, 4) is 11.1 Å². The molecule has 2 amide bonds. The largest absolute Gasteiger partial charge is 0.479 e. The Morgan fingerprint density at radius 2 is 1.60 bits per heavy atom. The van der Waals surface area contributed by atoms with Crippen molar-refractivity contribution in [2.24, 2.45) is 0 Å². The van der Waals surface area contributed by atoms with Gasteiger partial charge in [0.25, 0.3) is 0 Å². The molecular formula is C22H24N2O6. The van der Waals surface area contributed by atoms with Crippen molar-refractivity contribution in [2.45, 2.75) is 31.4 Å². The summed E-state index contributed by atoms with van der Waals surface area (Å²) in [6.07, 6.45) is -2.17. The van der Waals surface area contributed by atoms with Gasteiger partial charge in [-0.2, -0.15) is 0 Å². The fourth-order valence-corrected chi connectivity index (χ4v) is 3.54. The molecular weight excluding hydrogens is 388 g/mol. The molecule has 1 unspecified atom stereocenters. The second kappa shape index (κ2) is 9.41. The standard InChI is InChI=1S/C22H24N2O6/c1-2-18(20(26)23-11-19(25)21(27)28)24-22(29)30-12-17-15-9-5-3-7-13(15)14-8-4-6-10-16(14)17/h3-10,17-19,25H,2,11-12H2,1H3,(H,23,26)(H,24,29)(H,27,28)/t18?,19-/m0/s1. The van der Waals surface area contributed by atoms with Gasteiger partial charge in [-0.15, -0.1) is 0 Å². The number of aliphatic hydroxyl groups is 1. The van der Waals surface area contributed by atoms with Crippen LogP contribution in [0.4, 0.5) is 4.79 Å². The highest BCUT2D eigenvalue weighted by atomic mass is 16.5. The van der Waals surface area contributed by atoms with Gasteiger partial charge in [0.05, 0.1) is 6.54 Å². The molecule has 2 aromatic rings. The first-order valence-electron chi connectivity index (χ1n) is 9.72. The number of fused-ring (bicyclic) bond motifs is 3. The molecule has 1 aliphatic carbocycles. The SMILES string of the molecule is CCC(NC(=O)OCC1c2ccccc2-c2ccccc21)C(=O)NC[C@H](O)C(=O)O. The van der Waals surface area contributed by atoms with Crippen LogP contribution in [0.2, 0.25) is 0 Å². The summed E-state index contributed by atoms with van der Waals surface area (Å²) in [7, 11) is 0. The number of carboxylic acid groups (broad SMARTS) is 1. The zero-order valence-electron chi connectivity index (χ0n) is 16.5. The summed E-state index contributed by atoms with van der Waals surface area (Å²) < 4.78 is 5.41. The van der Waals surface area contributed by atoms with E-state index in [4.69, 9.17) is 9.84 Å². The molecule has 0 aromatic heterocycles. The van der Waals surface area contributed by atoms with E-state index in [0.717, 1.165) is 22.3 Å². The summed E-state index contributed by atoms with van der Waals surface area (Å²) in [6, 6.07) is 15.0. The number of ether oxygens (including phenoxy) is 1. The number of alkyl carbamates (subject to hydrolysis) is 1. The summed E-state index contributed by atoms with van der Waals surface area (Å²) in [5, 5.41) is 22.7. The van der Waals surface area contributed by atoms with Crippen molar-refractivity contribution < 1.29 is 29.3 Å². The highest BCUT2D eigenvalue weighted by Crippen LogP contribution is 2.44. The third kappa shape index (κ3) is 4.60. The summed E-state index contributed by atoms with van der Waals surface area (Å²) in [6.45, 7) is 1.37. The van der Waals surface area contributed by atoms with E-state index in [1.54, 1.807) is 6.92 Å². The molecule has 2 atom stereocenters. The molecule has 8 heteroatoms. The third-order valence-electron chi connectivity index (χ3n) is 5.12. The van der Waals surface area contributed by atoms with Crippen LogP contribution in [0.15, 0.2) is 48.5 Å². The number of aliphatic hydroxyl groups excluding tert-OH is 1. The molecule has 0 aliphatic heterocycles. The lowest BCUT2D eigenvalue weighted by Gasteiger charge is -2.19. The third-order valence-corrected chi connectivity index (χ3v) is 5.12. The van der Waals surface area contributed by atoms with Gasteiger partial charge in [0, 0.05) is 5.92 Å². The molecule has 0 spiro atoms. The van der Waals surface area contributed by atoms with E-state index in [1.165, 1.54) is 0 Å². The molecule has 2 aromatic carbocycles. The quantitative estimate of drug-likeness (QED) is 0.525. The van der Waals surface area contributed by atoms with E-state index in [-0.39, 0.29) is 18.9 Å². The number of rotatable bonds is 8. The molecule has 30 heavy (non-hydrogen) atoms. The molecule has 158 valence electrons. The monoisotopic (exact) mass is 412 g/mol. The minimum atomic E-state index is -1.71. The van der Waals surface area contributed by atoms with Crippen LogP contribution in [0, 0.1) is 0 Å². The van der Waals surface area contributed by atoms with Crippen molar-refractivity contribution in [3.05, 3.63) is 59.7 Å². The molecule has 0 radical (unpaired) electrons. The Morgan fingerprint density at radius 1 is 1.03 bits per heavy atom. The normalized spacial score (nSPS) is 14.2. The smallest absolute Gasteiger partial charge is 0.407 e. The highest BCUT2D eigenvalue weighted by Gasteiger charge is 2.29. The van der Waals surface area contributed by atoms with Crippen LogP contribution < -0.4 is 10.6 Å². The molecule has 4 N–H and O–H groups in total. The van der Waals surface area contributed by atoms with E-state index >= 15 is 0 Å². The van der Waals surface area contributed by atoms with Crippen molar-refractivity contribution in [3.63, 3.8) is 0 Å². The van der Waals surface area contributed by atoms with Crippen LogP contribution >= 0.6 is 0 Å². The summed E-state index contributed by atoms with van der Waals surface area (Å²) in [5.41, 5.74) is 4.40. The number of carbonyl (C=O) groups excluding carboxylic acids is 2. The topological polar surface area (TPSA) is 125 Å². The molecule has 0 bridgehead atoms. The van der Waals surface area contributed by atoms with Gasteiger partial charge in [0.1, 0.15) is 12.6 Å². The predicted octanol–water partition coefficient (Wildman–Crippen LogP) is 1.87. The summed E-state index contributed by atoms with van der Waals surface area (Å²) >= 11 is 0. The fraction of sp³-hybridized carbons (Fsp3) is 0.318. The average molecular weight is 412 g/mol. The van der Waals surface area contributed by atoms with Gasteiger partial charge in [0.15, 0.2) is 6.10 Å². The predicted molar refractivity (Wildman–Crippen MR) is 109 cm³/mol. The number of carbonyl (C=O) groups is 3. The molecule has 0 saturated carbocycles.